The molecule has 17 heavy (non-hydrogen) atoms. The molecule has 0 radical (unpaired) electrons. The predicted octanol–water partition coefficient (Wildman–Crippen LogP) is 1.79. The van der Waals surface area contributed by atoms with E-state index in [1.807, 2.05) is 25.1 Å². The fourth-order valence-corrected chi connectivity index (χ4v) is 1.93. The summed E-state index contributed by atoms with van der Waals surface area (Å²) in [5.74, 6) is 2.56. The zero-order chi connectivity index (χ0) is 12.3. The molecular formula is C13H18N2O2. The maximum Gasteiger partial charge on any atom is 0.161 e. The van der Waals surface area contributed by atoms with Crippen molar-refractivity contribution in [3.05, 3.63) is 23.8 Å². The number of methoxy groups -OCH3 is 1. The summed E-state index contributed by atoms with van der Waals surface area (Å²) in [5.41, 5.74) is 1.08. The van der Waals surface area contributed by atoms with Gasteiger partial charge in [0.25, 0.3) is 0 Å². The van der Waals surface area contributed by atoms with Crippen LogP contribution in [-0.4, -0.2) is 44.6 Å². The van der Waals surface area contributed by atoms with E-state index < -0.39 is 0 Å². The quantitative estimate of drug-likeness (QED) is 0.796. The normalized spacial score (nSPS) is 14.8. The molecule has 1 aliphatic heterocycles. The Morgan fingerprint density at radius 3 is 2.76 bits per heavy atom. The van der Waals surface area contributed by atoms with Crippen molar-refractivity contribution in [3.63, 3.8) is 0 Å². The molecule has 0 fully saturated rings. The minimum atomic E-state index is 0.627. The van der Waals surface area contributed by atoms with Crippen LogP contribution in [0.25, 0.3) is 0 Å². The van der Waals surface area contributed by atoms with Gasteiger partial charge in [-0.25, -0.2) is 0 Å². The summed E-state index contributed by atoms with van der Waals surface area (Å²) < 4.78 is 10.8. The Bertz CT molecular complexity index is 429. The van der Waals surface area contributed by atoms with Gasteiger partial charge < -0.3 is 14.4 Å². The van der Waals surface area contributed by atoms with Crippen molar-refractivity contribution < 1.29 is 9.47 Å². The number of likely N-dealkylation sites (N-methyl/N-ethyl adjacent to an activating group) is 1. The minimum absolute atomic E-state index is 0.627. The van der Waals surface area contributed by atoms with Gasteiger partial charge in [0.1, 0.15) is 5.84 Å². The zero-order valence-corrected chi connectivity index (χ0v) is 10.6. The van der Waals surface area contributed by atoms with Gasteiger partial charge in [-0.15, -0.1) is 0 Å². The molecule has 0 atom stereocenters. The molecule has 0 saturated carbocycles. The number of hydrogen-bond acceptors (Lipinski definition) is 4. The summed E-state index contributed by atoms with van der Waals surface area (Å²) in [7, 11) is 3.70. The van der Waals surface area contributed by atoms with Crippen LogP contribution >= 0.6 is 0 Å². The molecule has 1 heterocycles. The number of amidine groups is 1. The van der Waals surface area contributed by atoms with Gasteiger partial charge in [-0.3, -0.25) is 4.99 Å². The van der Waals surface area contributed by atoms with Crippen LogP contribution in [0.4, 0.5) is 0 Å². The highest BCUT2D eigenvalue weighted by molar-refractivity contribution is 6.00. The lowest BCUT2D eigenvalue weighted by molar-refractivity contribution is 0.311. The molecule has 0 bridgehead atoms. The molecule has 4 nitrogen and oxygen atoms in total. The van der Waals surface area contributed by atoms with E-state index in [1.165, 1.54) is 0 Å². The summed E-state index contributed by atoms with van der Waals surface area (Å²) in [6.07, 6.45) is 0. The van der Waals surface area contributed by atoms with Crippen LogP contribution in [-0.2, 0) is 0 Å². The van der Waals surface area contributed by atoms with Gasteiger partial charge in [0.2, 0.25) is 0 Å². The third kappa shape index (κ3) is 2.35. The highest BCUT2D eigenvalue weighted by Crippen LogP contribution is 2.29. The first-order valence-corrected chi connectivity index (χ1v) is 5.83. The Labute approximate surface area is 102 Å². The lowest BCUT2D eigenvalue weighted by Gasteiger charge is -2.16. The SMILES string of the molecule is CCOc1cc(C2=NCCN2C)ccc1OC. The van der Waals surface area contributed by atoms with Gasteiger partial charge in [0.05, 0.1) is 20.3 Å². The highest BCUT2D eigenvalue weighted by atomic mass is 16.5. The Morgan fingerprint density at radius 1 is 1.35 bits per heavy atom. The zero-order valence-electron chi connectivity index (χ0n) is 10.6. The van der Waals surface area contributed by atoms with Crippen LogP contribution in [0.3, 0.4) is 0 Å². The number of rotatable bonds is 4. The number of aliphatic imine (C=N–C) groups is 1. The largest absolute Gasteiger partial charge is 0.493 e. The van der Waals surface area contributed by atoms with E-state index in [4.69, 9.17) is 9.47 Å². The van der Waals surface area contributed by atoms with E-state index in [0.29, 0.717) is 6.61 Å². The van der Waals surface area contributed by atoms with Crippen molar-refractivity contribution in [2.24, 2.45) is 4.99 Å². The first-order valence-electron chi connectivity index (χ1n) is 5.83. The van der Waals surface area contributed by atoms with Crippen molar-refractivity contribution in [1.82, 2.24) is 4.90 Å². The van der Waals surface area contributed by atoms with Crippen LogP contribution in [0.1, 0.15) is 12.5 Å². The highest BCUT2D eigenvalue weighted by Gasteiger charge is 2.16. The van der Waals surface area contributed by atoms with Crippen LogP contribution in [0, 0.1) is 0 Å². The summed E-state index contributed by atoms with van der Waals surface area (Å²) in [6.45, 7) is 4.43. The number of nitrogens with zero attached hydrogens (tertiary/aromatic N) is 2. The van der Waals surface area contributed by atoms with Crippen molar-refractivity contribution in [2.45, 2.75) is 6.92 Å². The van der Waals surface area contributed by atoms with Gasteiger partial charge >= 0.3 is 0 Å². The van der Waals surface area contributed by atoms with E-state index >= 15 is 0 Å². The number of ether oxygens (including phenoxy) is 2. The molecule has 0 aromatic heterocycles. The van der Waals surface area contributed by atoms with Crippen molar-refractivity contribution in [2.75, 3.05) is 33.9 Å². The number of hydrogen-bond donors (Lipinski definition) is 0. The molecule has 0 aliphatic carbocycles. The molecular weight excluding hydrogens is 216 g/mol. The van der Waals surface area contributed by atoms with Gasteiger partial charge in [0, 0.05) is 19.2 Å². The second-order valence-electron chi connectivity index (χ2n) is 3.93. The molecule has 0 saturated heterocycles. The molecule has 92 valence electrons. The molecule has 1 aromatic rings. The summed E-state index contributed by atoms with van der Waals surface area (Å²) in [6, 6.07) is 5.93. The van der Waals surface area contributed by atoms with Crippen LogP contribution in [0.5, 0.6) is 11.5 Å². The summed E-state index contributed by atoms with van der Waals surface area (Å²) in [4.78, 5) is 6.64. The Morgan fingerprint density at radius 2 is 2.18 bits per heavy atom. The molecule has 0 unspecified atom stereocenters. The molecule has 0 spiro atoms. The second-order valence-corrected chi connectivity index (χ2v) is 3.93. The maximum absolute atomic E-state index is 5.56. The monoisotopic (exact) mass is 234 g/mol. The molecule has 2 rings (SSSR count). The fourth-order valence-electron chi connectivity index (χ4n) is 1.93. The molecule has 1 aliphatic rings. The standard InChI is InChI=1S/C13H18N2O2/c1-4-17-12-9-10(5-6-11(12)16-3)13-14-7-8-15(13)2/h5-6,9H,4,7-8H2,1-3H3. The first-order chi connectivity index (χ1) is 8.26. The topological polar surface area (TPSA) is 34.1 Å². The third-order valence-electron chi connectivity index (χ3n) is 2.78. The van der Waals surface area contributed by atoms with E-state index in [2.05, 4.69) is 16.9 Å². The maximum atomic E-state index is 5.56. The average molecular weight is 234 g/mol. The van der Waals surface area contributed by atoms with Crippen LogP contribution in [0.2, 0.25) is 0 Å². The molecule has 0 amide bonds. The van der Waals surface area contributed by atoms with Gasteiger partial charge in [-0.2, -0.15) is 0 Å². The first kappa shape index (κ1) is 11.8. The Balaban J connectivity index is 2.33. The van der Waals surface area contributed by atoms with Gasteiger partial charge in [-0.1, -0.05) is 0 Å². The van der Waals surface area contributed by atoms with Crippen molar-refractivity contribution in [3.8, 4) is 11.5 Å². The fraction of sp³-hybridized carbons (Fsp3) is 0.462. The smallest absolute Gasteiger partial charge is 0.161 e. The second kappa shape index (κ2) is 5.08. The van der Waals surface area contributed by atoms with Gasteiger partial charge in [-0.05, 0) is 25.1 Å². The van der Waals surface area contributed by atoms with Crippen LogP contribution in [0.15, 0.2) is 23.2 Å². The predicted molar refractivity (Wildman–Crippen MR) is 68.2 cm³/mol. The summed E-state index contributed by atoms with van der Waals surface area (Å²) >= 11 is 0. The summed E-state index contributed by atoms with van der Waals surface area (Å²) in [5, 5.41) is 0. The molecule has 1 aromatic carbocycles. The van der Waals surface area contributed by atoms with E-state index in [0.717, 1.165) is 36.0 Å². The molecule has 4 heteroatoms. The van der Waals surface area contributed by atoms with Crippen LogP contribution < -0.4 is 9.47 Å². The Kier molecular flexibility index (Phi) is 3.52. The van der Waals surface area contributed by atoms with E-state index in [-0.39, 0.29) is 0 Å². The lowest BCUT2D eigenvalue weighted by atomic mass is 10.1. The lowest BCUT2D eigenvalue weighted by Crippen LogP contribution is -2.23. The minimum Gasteiger partial charge on any atom is -0.493 e. The van der Waals surface area contributed by atoms with E-state index in [9.17, 15) is 0 Å². The number of benzene rings is 1. The third-order valence-corrected chi connectivity index (χ3v) is 2.78. The Hall–Kier alpha value is -1.71. The van der Waals surface area contributed by atoms with Crippen molar-refractivity contribution in [1.29, 1.82) is 0 Å². The average Bonchev–Trinajstić information content (AvgIpc) is 2.76. The van der Waals surface area contributed by atoms with E-state index in [1.54, 1.807) is 7.11 Å². The molecule has 0 N–H and O–H groups in total. The van der Waals surface area contributed by atoms with Gasteiger partial charge in [0.15, 0.2) is 11.5 Å². The van der Waals surface area contributed by atoms with Crippen molar-refractivity contribution >= 4 is 5.84 Å².